The number of hydrogen-bond acceptors (Lipinski definition) is 3. The molecular formula is C22H19IO4. The molecule has 0 heterocycles. The zero-order valence-electron chi connectivity index (χ0n) is 14.8. The highest BCUT2D eigenvalue weighted by atomic mass is 127. The van der Waals surface area contributed by atoms with E-state index < -0.39 is 5.97 Å². The van der Waals surface area contributed by atoms with Crippen LogP contribution in [0.15, 0.2) is 66.7 Å². The monoisotopic (exact) mass is 474 g/mol. The maximum atomic E-state index is 11.6. The Morgan fingerprint density at radius 2 is 1.67 bits per heavy atom. The van der Waals surface area contributed by atoms with E-state index in [1.54, 1.807) is 30.3 Å². The standard InChI is InChI=1S/C22H19IO4/c1-15-13-16(8-10-20(15)26-12-11-23)17-7-9-19(22(24)25)21(14-17)27-18-5-3-2-4-6-18/h2-10,13-14H,11-12H2,1H3,(H,24,25). The number of carboxylic acids is 1. The molecule has 0 amide bonds. The first kappa shape index (κ1) is 19.2. The molecular weight excluding hydrogens is 455 g/mol. The van der Waals surface area contributed by atoms with Crippen LogP contribution in [0.3, 0.4) is 0 Å². The quantitative estimate of drug-likeness (QED) is 0.339. The third-order valence-corrected chi connectivity index (χ3v) is 4.47. The minimum atomic E-state index is -1.02. The highest BCUT2D eigenvalue weighted by Gasteiger charge is 2.14. The number of ether oxygens (including phenoxy) is 2. The van der Waals surface area contributed by atoms with Gasteiger partial charge in [0, 0.05) is 4.43 Å². The molecule has 3 rings (SSSR count). The molecule has 138 valence electrons. The summed E-state index contributed by atoms with van der Waals surface area (Å²) in [4.78, 5) is 11.6. The zero-order chi connectivity index (χ0) is 19.2. The van der Waals surface area contributed by atoms with Gasteiger partial charge in [0.25, 0.3) is 0 Å². The number of rotatable bonds is 7. The highest BCUT2D eigenvalue weighted by Crippen LogP contribution is 2.32. The van der Waals surface area contributed by atoms with Gasteiger partial charge in [0.05, 0.1) is 6.61 Å². The number of alkyl halides is 1. The van der Waals surface area contributed by atoms with E-state index in [1.165, 1.54) is 0 Å². The predicted molar refractivity (Wildman–Crippen MR) is 114 cm³/mol. The van der Waals surface area contributed by atoms with Gasteiger partial charge in [-0.05, 0) is 60.0 Å². The van der Waals surface area contributed by atoms with Crippen molar-refractivity contribution in [3.8, 4) is 28.4 Å². The summed E-state index contributed by atoms with van der Waals surface area (Å²) in [5.74, 6) is 0.745. The molecule has 4 nitrogen and oxygen atoms in total. The van der Waals surface area contributed by atoms with Crippen molar-refractivity contribution < 1.29 is 19.4 Å². The molecule has 0 saturated carbocycles. The van der Waals surface area contributed by atoms with Gasteiger partial charge in [-0.2, -0.15) is 0 Å². The van der Waals surface area contributed by atoms with Gasteiger partial charge in [-0.3, -0.25) is 0 Å². The van der Waals surface area contributed by atoms with E-state index in [4.69, 9.17) is 9.47 Å². The molecule has 27 heavy (non-hydrogen) atoms. The van der Waals surface area contributed by atoms with Crippen LogP contribution in [0.25, 0.3) is 11.1 Å². The van der Waals surface area contributed by atoms with Crippen molar-refractivity contribution in [3.63, 3.8) is 0 Å². The summed E-state index contributed by atoms with van der Waals surface area (Å²) in [7, 11) is 0. The van der Waals surface area contributed by atoms with Crippen LogP contribution < -0.4 is 9.47 Å². The average Bonchev–Trinajstić information content (AvgIpc) is 2.67. The molecule has 3 aromatic rings. The fourth-order valence-electron chi connectivity index (χ4n) is 2.72. The fraction of sp³-hybridized carbons (Fsp3) is 0.136. The number of aryl methyl sites for hydroxylation is 1. The molecule has 0 radical (unpaired) electrons. The Balaban J connectivity index is 1.95. The first-order valence-corrected chi connectivity index (χ1v) is 10.0. The number of para-hydroxylation sites is 1. The van der Waals surface area contributed by atoms with E-state index in [9.17, 15) is 9.90 Å². The van der Waals surface area contributed by atoms with Crippen molar-refractivity contribution in [1.29, 1.82) is 0 Å². The Labute approximate surface area is 171 Å². The summed E-state index contributed by atoms with van der Waals surface area (Å²) in [6.07, 6.45) is 0. The van der Waals surface area contributed by atoms with Crippen LogP contribution in [0.4, 0.5) is 0 Å². The molecule has 0 aliphatic heterocycles. The van der Waals surface area contributed by atoms with Gasteiger partial charge in [0.15, 0.2) is 0 Å². The lowest BCUT2D eigenvalue weighted by Crippen LogP contribution is -2.01. The average molecular weight is 474 g/mol. The summed E-state index contributed by atoms with van der Waals surface area (Å²) in [5, 5.41) is 9.47. The Hall–Kier alpha value is -2.54. The first-order valence-electron chi connectivity index (χ1n) is 8.48. The molecule has 0 spiro atoms. The normalized spacial score (nSPS) is 10.4. The van der Waals surface area contributed by atoms with Crippen molar-refractivity contribution in [2.45, 2.75) is 6.92 Å². The van der Waals surface area contributed by atoms with E-state index in [2.05, 4.69) is 22.6 Å². The Morgan fingerprint density at radius 1 is 0.963 bits per heavy atom. The van der Waals surface area contributed by atoms with Crippen LogP contribution in [0.2, 0.25) is 0 Å². The number of halogens is 1. The van der Waals surface area contributed by atoms with E-state index in [-0.39, 0.29) is 5.56 Å². The van der Waals surface area contributed by atoms with Gasteiger partial charge in [-0.25, -0.2) is 4.79 Å². The van der Waals surface area contributed by atoms with Crippen LogP contribution in [0.5, 0.6) is 17.2 Å². The van der Waals surface area contributed by atoms with Crippen LogP contribution in [0.1, 0.15) is 15.9 Å². The van der Waals surface area contributed by atoms with Gasteiger partial charge in [-0.15, -0.1) is 0 Å². The third-order valence-electron chi connectivity index (χ3n) is 4.03. The SMILES string of the molecule is Cc1cc(-c2ccc(C(=O)O)c(Oc3ccccc3)c2)ccc1OCCI. The summed E-state index contributed by atoms with van der Waals surface area (Å²) < 4.78 is 12.5. The van der Waals surface area contributed by atoms with E-state index >= 15 is 0 Å². The van der Waals surface area contributed by atoms with E-state index in [0.717, 1.165) is 26.9 Å². The van der Waals surface area contributed by atoms with Crippen molar-refractivity contribution in [2.24, 2.45) is 0 Å². The van der Waals surface area contributed by atoms with Crippen LogP contribution in [-0.4, -0.2) is 22.1 Å². The molecule has 0 aliphatic rings. The molecule has 5 heteroatoms. The summed E-state index contributed by atoms with van der Waals surface area (Å²) >= 11 is 2.28. The molecule has 0 bridgehead atoms. The number of carboxylic acid groups (broad SMARTS) is 1. The van der Waals surface area contributed by atoms with Crippen LogP contribution in [0, 0.1) is 6.92 Å². The van der Waals surface area contributed by atoms with Crippen molar-refractivity contribution in [1.82, 2.24) is 0 Å². The van der Waals surface area contributed by atoms with Gasteiger partial charge in [0.1, 0.15) is 22.8 Å². The molecule has 1 N–H and O–H groups in total. The third kappa shape index (κ3) is 4.80. The largest absolute Gasteiger partial charge is 0.493 e. The highest BCUT2D eigenvalue weighted by molar-refractivity contribution is 14.1. The molecule has 0 saturated heterocycles. The van der Waals surface area contributed by atoms with Crippen molar-refractivity contribution >= 4 is 28.6 Å². The smallest absolute Gasteiger partial charge is 0.339 e. The maximum absolute atomic E-state index is 11.6. The molecule has 0 atom stereocenters. The Kier molecular flexibility index (Phi) is 6.34. The maximum Gasteiger partial charge on any atom is 0.339 e. The fourth-order valence-corrected chi connectivity index (χ4v) is 2.94. The number of carbonyl (C=O) groups is 1. The van der Waals surface area contributed by atoms with Gasteiger partial charge in [-0.1, -0.05) is 52.9 Å². The van der Waals surface area contributed by atoms with Gasteiger partial charge < -0.3 is 14.6 Å². The van der Waals surface area contributed by atoms with Crippen molar-refractivity contribution in [2.75, 3.05) is 11.0 Å². The summed E-state index contributed by atoms with van der Waals surface area (Å²) in [5.41, 5.74) is 3.02. The van der Waals surface area contributed by atoms with Gasteiger partial charge >= 0.3 is 5.97 Å². The van der Waals surface area contributed by atoms with Crippen LogP contribution >= 0.6 is 22.6 Å². The lowest BCUT2D eigenvalue weighted by atomic mass is 10.0. The second-order valence-corrected chi connectivity index (χ2v) is 7.03. The molecule has 0 fully saturated rings. The van der Waals surface area contributed by atoms with Gasteiger partial charge in [0.2, 0.25) is 0 Å². The minimum Gasteiger partial charge on any atom is -0.493 e. The Bertz CT molecular complexity index is 938. The molecule has 0 unspecified atom stereocenters. The zero-order valence-corrected chi connectivity index (χ0v) is 17.0. The number of hydrogen-bond donors (Lipinski definition) is 1. The lowest BCUT2D eigenvalue weighted by molar-refractivity contribution is 0.0694. The first-order chi connectivity index (χ1) is 13.1. The number of aromatic carboxylic acids is 1. The predicted octanol–water partition coefficient (Wildman–Crippen LogP) is 5.97. The minimum absolute atomic E-state index is 0.126. The van der Waals surface area contributed by atoms with Crippen molar-refractivity contribution in [3.05, 3.63) is 77.9 Å². The van der Waals surface area contributed by atoms with E-state index in [1.807, 2.05) is 43.3 Å². The summed E-state index contributed by atoms with van der Waals surface area (Å²) in [6.45, 7) is 2.67. The lowest BCUT2D eigenvalue weighted by Gasteiger charge is -2.13. The summed E-state index contributed by atoms with van der Waals surface area (Å²) in [6, 6.07) is 20.2. The molecule has 3 aromatic carbocycles. The van der Waals surface area contributed by atoms with E-state index in [0.29, 0.717) is 18.1 Å². The number of benzene rings is 3. The second kappa shape index (κ2) is 8.90. The molecule has 0 aliphatic carbocycles. The molecule has 0 aromatic heterocycles. The Morgan fingerprint density at radius 3 is 2.33 bits per heavy atom. The topological polar surface area (TPSA) is 55.8 Å². The van der Waals surface area contributed by atoms with Crippen LogP contribution in [-0.2, 0) is 0 Å². The second-order valence-electron chi connectivity index (χ2n) is 5.95.